The van der Waals surface area contributed by atoms with Crippen LogP contribution in [0.15, 0.2) is 54.6 Å². The molecule has 0 fully saturated rings. The van der Waals surface area contributed by atoms with Gasteiger partial charge in [-0.2, -0.15) is 0 Å². The Balaban J connectivity index is 1.88. The summed E-state index contributed by atoms with van der Waals surface area (Å²) in [6.45, 7) is -0.00571. The molecule has 116 valence electrons. The van der Waals surface area contributed by atoms with E-state index in [-0.39, 0.29) is 6.61 Å². The lowest BCUT2D eigenvalue weighted by Crippen LogP contribution is -1.98. The van der Waals surface area contributed by atoms with Crippen molar-refractivity contribution < 1.29 is 18.9 Å². The van der Waals surface area contributed by atoms with Gasteiger partial charge in [-0.25, -0.2) is 4.57 Å². The second kappa shape index (κ2) is 5.29. The summed E-state index contributed by atoms with van der Waals surface area (Å²) in [6.07, 6.45) is 0.458. The Morgan fingerprint density at radius 3 is 2.13 bits per heavy atom. The largest absolute Gasteiger partial charge is 0.469 e. The Bertz CT molecular complexity index is 1040. The Kier molecular flexibility index (Phi) is 3.36. The maximum atomic E-state index is 10.8. The summed E-state index contributed by atoms with van der Waals surface area (Å²) in [5, 5.41) is 7.12. The fourth-order valence-corrected chi connectivity index (χ4v) is 3.62. The first-order valence-electron chi connectivity index (χ1n) is 7.38. The van der Waals surface area contributed by atoms with Crippen LogP contribution in [0.25, 0.3) is 32.3 Å². The zero-order valence-electron chi connectivity index (χ0n) is 12.3. The van der Waals surface area contributed by atoms with Crippen molar-refractivity contribution in [2.75, 3.05) is 6.61 Å². The predicted molar refractivity (Wildman–Crippen MR) is 91.8 cm³/mol. The SMILES string of the molecule is O=P(O)(O)OCCc1ccc2ccc3cccc4ccc1c2c34. The van der Waals surface area contributed by atoms with Gasteiger partial charge in [-0.05, 0) is 44.3 Å². The Morgan fingerprint density at radius 1 is 0.826 bits per heavy atom. The Labute approximate surface area is 132 Å². The summed E-state index contributed by atoms with van der Waals surface area (Å²) < 4.78 is 15.4. The normalized spacial score (nSPS) is 12.6. The van der Waals surface area contributed by atoms with E-state index in [2.05, 4.69) is 53.1 Å². The molecule has 0 aliphatic heterocycles. The third-order valence-electron chi connectivity index (χ3n) is 4.25. The highest BCUT2D eigenvalue weighted by Gasteiger charge is 2.14. The summed E-state index contributed by atoms with van der Waals surface area (Å²) in [5.41, 5.74) is 1.03. The second-order valence-corrected chi connectivity index (χ2v) is 6.89. The summed E-state index contributed by atoms with van der Waals surface area (Å²) >= 11 is 0. The molecule has 0 atom stereocenters. The van der Waals surface area contributed by atoms with Crippen LogP contribution in [0, 0.1) is 0 Å². The standard InChI is InChI=1S/C18H15O4P/c19-23(20,21)22-11-10-12-4-5-15-7-6-13-2-1-3-14-8-9-16(12)18(15)17(13)14/h1-9H,10-11H2,(H2,19,20,21). The van der Waals surface area contributed by atoms with Crippen LogP contribution in [0.1, 0.15) is 5.56 Å². The molecule has 0 bridgehead atoms. The maximum Gasteiger partial charge on any atom is 0.469 e. The van der Waals surface area contributed by atoms with Crippen molar-refractivity contribution in [1.29, 1.82) is 0 Å². The fourth-order valence-electron chi connectivity index (χ4n) is 3.29. The van der Waals surface area contributed by atoms with Crippen molar-refractivity contribution in [3.05, 3.63) is 60.2 Å². The van der Waals surface area contributed by atoms with Crippen LogP contribution in [0.4, 0.5) is 0 Å². The third kappa shape index (κ3) is 2.60. The van der Waals surface area contributed by atoms with E-state index in [4.69, 9.17) is 9.79 Å². The topological polar surface area (TPSA) is 66.8 Å². The van der Waals surface area contributed by atoms with Gasteiger partial charge in [0.25, 0.3) is 0 Å². The summed E-state index contributed by atoms with van der Waals surface area (Å²) in [7, 11) is -4.42. The van der Waals surface area contributed by atoms with E-state index in [1.807, 2.05) is 6.07 Å². The minimum absolute atomic E-state index is 0.00571. The van der Waals surface area contributed by atoms with Gasteiger partial charge in [0.2, 0.25) is 0 Å². The van der Waals surface area contributed by atoms with Gasteiger partial charge in [0.1, 0.15) is 0 Å². The number of phosphoric ester groups is 1. The van der Waals surface area contributed by atoms with Crippen LogP contribution < -0.4 is 0 Å². The molecule has 0 aromatic heterocycles. The van der Waals surface area contributed by atoms with Gasteiger partial charge >= 0.3 is 7.82 Å². The van der Waals surface area contributed by atoms with Crippen LogP contribution >= 0.6 is 7.82 Å². The maximum absolute atomic E-state index is 10.8. The molecule has 0 saturated carbocycles. The average molecular weight is 326 g/mol. The van der Waals surface area contributed by atoms with Crippen molar-refractivity contribution in [1.82, 2.24) is 0 Å². The van der Waals surface area contributed by atoms with Crippen LogP contribution in [0.3, 0.4) is 0 Å². The van der Waals surface area contributed by atoms with Gasteiger partial charge in [-0.15, -0.1) is 0 Å². The first-order valence-corrected chi connectivity index (χ1v) is 8.91. The van der Waals surface area contributed by atoms with Crippen molar-refractivity contribution in [3.8, 4) is 0 Å². The van der Waals surface area contributed by atoms with E-state index >= 15 is 0 Å². The van der Waals surface area contributed by atoms with Gasteiger partial charge in [0.15, 0.2) is 0 Å². The molecule has 0 aliphatic rings. The predicted octanol–water partition coefficient (Wildman–Crippen LogP) is 4.24. The highest BCUT2D eigenvalue weighted by molar-refractivity contribution is 7.46. The molecular weight excluding hydrogens is 311 g/mol. The van der Waals surface area contributed by atoms with Crippen LogP contribution in [-0.2, 0) is 15.5 Å². The second-order valence-electron chi connectivity index (χ2n) is 5.65. The number of phosphoric acid groups is 1. The van der Waals surface area contributed by atoms with Gasteiger partial charge < -0.3 is 9.79 Å². The van der Waals surface area contributed by atoms with Gasteiger partial charge in [0, 0.05) is 0 Å². The monoisotopic (exact) mass is 326 g/mol. The smallest absolute Gasteiger partial charge is 0.303 e. The molecule has 4 rings (SSSR count). The lowest BCUT2D eigenvalue weighted by Gasteiger charge is -2.14. The van der Waals surface area contributed by atoms with E-state index < -0.39 is 7.82 Å². The Hall–Kier alpha value is -1.97. The molecule has 0 unspecified atom stereocenters. The lowest BCUT2D eigenvalue weighted by atomic mass is 9.91. The average Bonchev–Trinajstić information content (AvgIpc) is 2.52. The zero-order valence-corrected chi connectivity index (χ0v) is 13.2. The molecule has 5 heteroatoms. The number of hydrogen-bond donors (Lipinski definition) is 2. The van der Waals surface area contributed by atoms with Crippen LogP contribution in [0.2, 0.25) is 0 Å². The first kappa shape index (κ1) is 14.6. The molecule has 4 aromatic rings. The molecule has 0 aliphatic carbocycles. The van der Waals surface area contributed by atoms with Gasteiger partial charge in [0.05, 0.1) is 6.61 Å². The fraction of sp³-hybridized carbons (Fsp3) is 0.111. The minimum atomic E-state index is -4.42. The zero-order chi connectivity index (χ0) is 16.0. The Morgan fingerprint density at radius 2 is 1.43 bits per heavy atom. The molecule has 0 spiro atoms. The van der Waals surface area contributed by atoms with Crippen LogP contribution in [0.5, 0.6) is 0 Å². The highest BCUT2D eigenvalue weighted by atomic mass is 31.2. The third-order valence-corrected chi connectivity index (χ3v) is 4.77. The number of hydrogen-bond acceptors (Lipinski definition) is 2. The quantitative estimate of drug-likeness (QED) is 0.435. The molecule has 0 saturated heterocycles. The number of rotatable bonds is 4. The molecule has 2 N–H and O–H groups in total. The van der Waals surface area contributed by atoms with Crippen molar-refractivity contribution in [2.45, 2.75) is 6.42 Å². The lowest BCUT2D eigenvalue weighted by molar-refractivity contribution is 0.199. The first-order chi connectivity index (χ1) is 11.0. The highest BCUT2D eigenvalue weighted by Crippen LogP contribution is 2.38. The molecular formula is C18H15O4P. The molecule has 0 heterocycles. The molecule has 0 radical (unpaired) electrons. The number of benzene rings is 4. The van der Waals surface area contributed by atoms with Crippen LogP contribution in [-0.4, -0.2) is 16.4 Å². The van der Waals surface area contributed by atoms with Gasteiger partial charge in [-0.3, -0.25) is 4.52 Å². The molecule has 4 nitrogen and oxygen atoms in total. The van der Waals surface area contributed by atoms with Crippen molar-refractivity contribution in [2.24, 2.45) is 0 Å². The van der Waals surface area contributed by atoms with Crippen molar-refractivity contribution in [3.63, 3.8) is 0 Å². The summed E-state index contributed by atoms with van der Waals surface area (Å²) in [6, 6.07) is 18.7. The minimum Gasteiger partial charge on any atom is -0.303 e. The van der Waals surface area contributed by atoms with E-state index in [1.54, 1.807) is 0 Å². The molecule has 0 amide bonds. The summed E-state index contributed by atoms with van der Waals surface area (Å²) in [4.78, 5) is 17.6. The summed E-state index contributed by atoms with van der Waals surface area (Å²) in [5.74, 6) is 0. The van der Waals surface area contributed by atoms with Crippen molar-refractivity contribution >= 4 is 40.1 Å². The van der Waals surface area contributed by atoms with E-state index in [0.717, 1.165) is 10.9 Å². The van der Waals surface area contributed by atoms with E-state index in [0.29, 0.717) is 6.42 Å². The molecule has 4 aromatic carbocycles. The van der Waals surface area contributed by atoms with E-state index in [1.165, 1.54) is 26.9 Å². The molecule has 23 heavy (non-hydrogen) atoms. The van der Waals surface area contributed by atoms with E-state index in [9.17, 15) is 4.57 Å². The van der Waals surface area contributed by atoms with Gasteiger partial charge in [-0.1, -0.05) is 54.6 Å².